The van der Waals surface area contributed by atoms with Crippen LogP contribution in [0.25, 0.3) is 0 Å². The molecule has 0 fully saturated rings. The number of anilines is 4. The van der Waals surface area contributed by atoms with E-state index < -0.39 is 0 Å². The van der Waals surface area contributed by atoms with Gasteiger partial charge in [-0.25, -0.2) is 9.78 Å². The molecule has 1 heterocycles. The fraction of sp³-hybridized carbons (Fsp3) is 0.227. The lowest BCUT2D eigenvalue weighted by molar-refractivity contribution is 0.0527. The molecule has 0 amide bonds. The molecule has 0 aliphatic heterocycles. The highest BCUT2D eigenvalue weighted by Crippen LogP contribution is 2.23. The summed E-state index contributed by atoms with van der Waals surface area (Å²) in [6.07, 6.45) is 0. The summed E-state index contributed by atoms with van der Waals surface area (Å²) in [6, 6.07) is 15.2. The quantitative estimate of drug-likeness (QED) is 0.585. The zero-order valence-corrected chi connectivity index (χ0v) is 16.5. The van der Waals surface area contributed by atoms with Gasteiger partial charge in [-0.1, -0.05) is 18.2 Å². The lowest BCUT2D eigenvalue weighted by atomic mass is 10.1. The number of hydrogen-bond acceptors (Lipinski definition) is 6. The van der Waals surface area contributed by atoms with Crippen LogP contribution in [0.5, 0.6) is 0 Å². The number of benzene rings is 2. The summed E-state index contributed by atoms with van der Waals surface area (Å²) in [6.45, 7) is 8.15. The number of carbonyl (C=O) groups excluding carboxylic acids is 1. The van der Waals surface area contributed by atoms with Gasteiger partial charge in [0.25, 0.3) is 0 Å². The number of esters is 1. The molecule has 0 saturated carbocycles. The largest absolute Gasteiger partial charge is 0.462 e. The molecule has 0 aliphatic carbocycles. The highest BCUT2D eigenvalue weighted by atomic mass is 16.5. The Kier molecular flexibility index (Phi) is 5.89. The molecule has 6 nitrogen and oxygen atoms in total. The number of para-hydroxylation sites is 1. The average Bonchev–Trinajstić information content (AvgIpc) is 2.65. The van der Waals surface area contributed by atoms with Crippen molar-refractivity contribution in [3.63, 3.8) is 0 Å². The van der Waals surface area contributed by atoms with E-state index in [1.807, 2.05) is 25.1 Å². The molecule has 0 aliphatic rings. The number of nitrogens with zero attached hydrogens (tertiary/aromatic N) is 2. The van der Waals surface area contributed by atoms with Gasteiger partial charge in [-0.2, -0.15) is 4.98 Å². The van der Waals surface area contributed by atoms with Crippen LogP contribution in [0.1, 0.15) is 34.1 Å². The van der Waals surface area contributed by atoms with Crippen LogP contribution in [-0.2, 0) is 4.74 Å². The number of ether oxygens (including phenoxy) is 1. The van der Waals surface area contributed by atoms with Crippen LogP contribution in [0.15, 0.2) is 48.5 Å². The molecule has 2 N–H and O–H groups in total. The maximum atomic E-state index is 12.2. The van der Waals surface area contributed by atoms with Crippen LogP contribution in [-0.4, -0.2) is 22.5 Å². The first-order chi connectivity index (χ1) is 13.5. The van der Waals surface area contributed by atoms with Gasteiger partial charge in [0.15, 0.2) is 0 Å². The predicted molar refractivity (Wildman–Crippen MR) is 112 cm³/mol. The first-order valence-corrected chi connectivity index (χ1v) is 9.19. The van der Waals surface area contributed by atoms with Crippen LogP contribution < -0.4 is 10.6 Å². The second kappa shape index (κ2) is 8.52. The van der Waals surface area contributed by atoms with Crippen molar-refractivity contribution in [2.45, 2.75) is 27.7 Å². The smallest absolute Gasteiger partial charge is 0.340 e. The minimum absolute atomic E-state index is 0.318. The topological polar surface area (TPSA) is 76.1 Å². The molecule has 3 aromatic rings. The van der Waals surface area contributed by atoms with E-state index in [0.29, 0.717) is 29.6 Å². The van der Waals surface area contributed by atoms with Crippen molar-refractivity contribution >= 4 is 29.1 Å². The number of hydrogen-bond donors (Lipinski definition) is 2. The SMILES string of the molecule is CCOC(=O)c1ccccc1Nc1nc(C)cc(Nc2ccc(C)c(C)c2)n1. The van der Waals surface area contributed by atoms with Gasteiger partial charge in [0.1, 0.15) is 5.82 Å². The minimum atomic E-state index is -0.383. The molecule has 3 rings (SSSR count). The van der Waals surface area contributed by atoms with Crippen molar-refractivity contribution < 1.29 is 9.53 Å². The third-order valence-electron chi connectivity index (χ3n) is 4.30. The summed E-state index contributed by atoms with van der Waals surface area (Å²) in [5.74, 6) is 0.696. The fourth-order valence-electron chi connectivity index (χ4n) is 2.75. The second-order valence-corrected chi connectivity index (χ2v) is 6.53. The Morgan fingerprint density at radius 2 is 1.75 bits per heavy atom. The lowest BCUT2D eigenvalue weighted by Gasteiger charge is -2.13. The molecule has 0 unspecified atom stereocenters. The number of aryl methyl sites for hydroxylation is 3. The van der Waals surface area contributed by atoms with Crippen molar-refractivity contribution in [3.05, 3.63) is 70.9 Å². The van der Waals surface area contributed by atoms with Crippen LogP contribution in [0, 0.1) is 20.8 Å². The summed E-state index contributed by atoms with van der Waals surface area (Å²) in [7, 11) is 0. The Bertz CT molecular complexity index is 1000. The van der Waals surface area contributed by atoms with Crippen molar-refractivity contribution in [1.29, 1.82) is 0 Å². The molecule has 0 bridgehead atoms. The van der Waals surface area contributed by atoms with Gasteiger partial charge in [0, 0.05) is 17.4 Å². The minimum Gasteiger partial charge on any atom is -0.462 e. The molecule has 0 atom stereocenters. The first kappa shape index (κ1) is 19.4. The summed E-state index contributed by atoms with van der Waals surface area (Å²) >= 11 is 0. The third-order valence-corrected chi connectivity index (χ3v) is 4.30. The van der Waals surface area contributed by atoms with E-state index >= 15 is 0 Å². The molecule has 6 heteroatoms. The summed E-state index contributed by atoms with van der Waals surface area (Å²) in [4.78, 5) is 21.1. The highest BCUT2D eigenvalue weighted by molar-refractivity contribution is 5.96. The van der Waals surface area contributed by atoms with Gasteiger partial charge in [-0.05, 0) is 63.1 Å². The molecule has 144 valence electrons. The molecule has 0 spiro atoms. The molecular formula is C22H24N4O2. The van der Waals surface area contributed by atoms with Crippen LogP contribution in [0.4, 0.5) is 23.1 Å². The van der Waals surface area contributed by atoms with E-state index in [9.17, 15) is 4.79 Å². The number of nitrogens with one attached hydrogen (secondary N) is 2. The molecule has 0 radical (unpaired) electrons. The monoisotopic (exact) mass is 376 g/mol. The fourth-order valence-corrected chi connectivity index (χ4v) is 2.75. The average molecular weight is 376 g/mol. The van der Waals surface area contributed by atoms with E-state index in [-0.39, 0.29) is 5.97 Å². The van der Waals surface area contributed by atoms with E-state index in [1.54, 1.807) is 25.1 Å². The van der Waals surface area contributed by atoms with Crippen LogP contribution in [0.3, 0.4) is 0 Å². The highest BCUT2D eigenvalue weighted by Gasteiger charge is 2.13. The Morgan fingerprint density at radius 1 is 0.964 bits per heavy atom. The standard InChI is InChI=1S/C22H24N4O2/c1-5-28-21(27)18-8-6-7-9-19(18)25-22-23-16(4)13-20(26-22)24-17-11-10-14(2)15(3)12-17/h6-13H,5H2,1-4H3,(H2,23,24,25,26). The van der Waals surface area contributed by atoms with Crippen LogP contribution in [0.2, 0.25) is 0 Å². The molecule has 0 saturated heterocycles. The number of rotatable bonds is 6. The maximum absolute atomic E-state index is 12.2. The van der Waals surface area contributed by atoms with E-state index in [0.717, 1.165) is 11.4 Å². The van der Waals surface area contributed by atoms with Crippen molar-refractivity contribution in [1.82, 2.24) is 9.97 Å². The van der Waals surface area contributed by atoms with Gasteiger partial charge in [-0.15, -0.1) is 0 Å². The van der Waals surface area contributed by atoms with E-state index in [4.69, 9.17) is 4.74 Å². The molecular weight excluding hydrogens is 352 g/mol. The zero-order valence-electron chi connectivity index (χ0n) is 16.5. The Balaban J connectivity index is 1.86. The van der Waals surface area contributed by atoms with Crippen molar-refractivity contribution in [2.24, 2.45) is 0 Å². The van der Waals surface area contributed by atoms with Gasteiger partial charge in [0.05, 0.1) is 17.9 Å². The lowest BCUT2D eigenvalue weighted by Crippen LogP contribution is -2.09. The summed E-state index contributed by atoms with van der Waals surface area (Å²) < 4.78 is 5.12. The predicted octanol–water partition coefficient (Wildman–Crippen LogP) is 5.07. The number of aromatic nitrogens is 2. The van der Waals surface area contributed by atoms with Crippen molar-refractivity contribution in [3.8, 4) is 0 Å². The van der Waals surface area contributed by atoms with E-state index in [2.05, 4.69) is 46.6 Å². The Hall–Kier alpha value is -3.41. The van der Waals surface area contributed by atoms with Gasteiger partial charge >= 0.3 is 5.97 Å². The van der Waals surface area contributed by atoms with Gasteiger partial charge in [0.2, 0.25) is 5.95 Å². The molecule has 2 aromatic carbocycles. The summed E-state index contributed by atoms with van der Waals surface area (Å²) in [5, 5.41) is 6.45. The normalized spacial score (nSPS) is 10.4. The van der Waals surface area contributed by atoms with Gasteiger partial charge in [-0.3, -0.25) is 0 Å². The first-order valence-electron chi connectivity index (χ1n) is 9.19. The van der Waals surface area contributed by atoms with Crippen molar-refractivity contribution in [2.75, 3.05) is 17.2 Å². The summed E-state index contributed by atoms with van der Waals surface area (Å²) in [5.41, 5.74) is 5.25. The second-order valence-electron chi connectivity index (χ2n) is 6.53. The van der Waals surface area contributed by atoms with Crippen LogP contribution >= 0.6 is 0 Å². The molecule has 28 heavy (non-hydrogen) atoms. The van der Waals surface area contributed by atoms with Gasteiger partial charge < -0.3 is 15.4 Å². The Morgan fingerprint density at radius 3 is 2.50 bits per heavy atom. The maximum Gasteiger partial charge on any atom is 0.340 e. The molecule has 1 aromatic heterocycles. The third kappa shape index (κ3) is 4.65. The number of carbonyl (C=O) groups is 1. The Labute approximate surface area is 165 Å². The zero-order chi connectivity index (χ0) is 20.1. The van der Waals surface area contributed by atoms with E-state index in [1.165, 1.54) is 11.1 Å².